The number of amides is 1. The van der Waals surface area contributed by atoms with E-state index in [1.807, 2.05) is 18.3 Å². The zero-order chi connectivity index (χ0) is 15.2. The van der Waals surface area contributed by atoms with Crippen molar-refractivity contribution in [2.45, 2.75) is 38.3 Å². The van der Waals surface area contributed by atoms with E-state index in [9.17, 15) is 4.79 Å². The van der Waals surface area contributed by atoms with Crippen molar-refractivity contribution in [2.24, 2.45) is 5.92 Å². The number of carbonyl (C=O) groups is 1. The topological polar surface area (TPSA) is 54.5 Å². The molecule has 5 nitrogen and oxygen atoms in total. The van der Waals surface area contributed by atoms with Crippen molar-refractivity contribution in [1.82, 2.24) is 15.2 Å². The van der Waals surface area contributed by atoms with Crippen LogP contribution in [0.3, 0.4) is 0 Å². The van der Waals surface area contributed by atoms with Crippen LogP contribution in [0, 0.1) is 5.92 Å². The number of nitrogens with zero attached hydrogens (tertiary/aromatic N) is 2. The van der Waals surface area contributed by atoms with Crippen LogP contribution in [0.2, 0.25) is 0 Å². The van der Waals surface area contributed by atoms with Crippen LogP contribution in [-0.2, 0) is 16.1 Å². The lowest BCUT2D eigenvalue weighted by Gasteiger charge is -2.31. The Morgan fingerprint density at radius 3 is 2.86 bits per heavy atom. The van der Waals surface area contributed by atoms with E-state index >= 15 is 0 Å². The summed E-state index contributed by atoms with van der Waals surface area (Å²) in [6, 6.07) is 6.02. The van der Waals surface area contributed by atoms with Gasteiger partial charge in [-0.3, -0.25) is 14.7 Å². The molecule has 1 atom stereocenters. The first-order chi connectivity index (χ1) is 10.8. The second-order valence-electron chi connectivity index (χ2n) is 6.25. The van der Waals surface area contributed by atoms with Gasteiger partial charge in [-0.15, -0.1) is 0 Å². The Morgan fingerprint density at radius 1 is 1.32 bits per heavy atom. The summed E-state index contributed by atoms with van der Waals surface area (Å²) in [5.74, 6) is 0.356. The highest BCUT2D eigenvalue weighted by atomic mass is 16.5. The number of piperidine rings is 1. The molecule has 22 heavy (non-hydrogen) atoms. The Morgan fingerprint density at radius 2 is 2.18 bits per heavy atom. The standard InChI is InChI=1S/C17H25N3O2/c21-17(19-12-16-5-3-11-22-16)14-6-9-20(10-7-14)13-15-4-1-2-8-18-15/h1-2,4,8,14,16H,3,5-7,9-13H2,(H,19,21)/t16-/m0/s1. The number of pyridine rings is 1. The van der Waals surface area contributed by atoms with Crippen molar-refractivity contribution in [1.29, 1.82) is 0 Å². The van der Waals surface area contributed by atoms with Gasteiger partial charge in [0.05, 0.1) is 11.8 Å². The second-order valence-corrected chi connectivity index (χ2v) is 6.25. The molecule has 1 N–H and O–H groups in total. The number of likely N-dealkylation sites (tertiary alicyclic amines) is 1. The van der Waals surface area contributed by atoms with Crippen LogP contribution in [0.5, 0.6) is 0 Å². The zero-order valence-electron chi connectivity index (χ0n) is 13.0. The van der Waals surface area contributed by atoms with E-state index < -0.39 is 0 Å². The Hall–Kier alpha value is -1.46. The molecule has 2 aliphatic rings. The molecule has 0 bridgehead atoms. The maximum atomic E-state index is 12.2. The van der Waals surface area contributed by atoms with E-state index in [4.69, 9.17) is 4.74 Å². The van der Waals surface area contributed by atoms with Gasteiger partial charge in [0.15, 0.2) is 0 Å². The lowest BCUT2D eigenvalue weighted by molar-refractivity contribution is -0.127. The minimum absolute atomic E-state index is 0.154. The molecule has 2 saturated heterocycles. The molecule has 1 aromatic rings. The molecule has 0 aromatic carbocycles. The number of ether oxygens (including phenoxy) is 1. The van der Waals surface area contributed by atoms with E-state index in [-0.39, 0.29) is 17.9 Å². The predicted molar refractivity (Wildman–Crippen MR) is 84.2 cm³/mol. The largest absolute Gasteiger partial charge is 0.376 e. The second kappa shape index (κ2) is 7.70. The third-order valence-electron chi connectivity index (χ3n) is 4.60. The fourth-order valence-electron chi connectivity index (χ4n) is 3.24. The van der Waals surface area contributed by atoms with Crippen molar-refractivity contribution in [2.75, 3.05) is 26.2 Å². The highest BCUT2D eigenvalue weighted by Crippen LogP contribution is 2.19. The smallest absolute Gasteiger partial charge is 0.223 e. The molecule has 120 valence electrons. The maximum Gasteiger partial charge on any atom is 0.223 e. The van der Waals surface area contributed by atoms with Gasteiger partial charge in [0.2, 0.25) is 5.91 Å². The maximum absolute atomic E-state index is 12.2. The normalized spacial score (nSPS) is 23.5. The SMILES string of the molecule is O=C(NC[C@@H]1CCCO1)C1CCN(Cc2ccccn2)CC1. The van der Waals surface area contributed by atoms with Crippen molar-refractivity contribution in [3.05, 3.63) is 30.1 Å². The number of rotatable bonds is 5. The predicted octanol–water partition coefficient (Wildman–Crippen LogP) is 1.59. The van der Waals surface area contributed by atoms with Gasteiger partial charge in [-0.25, -0.2) is 0 Å². The number of carbonyl (C=O) groups excluding carboxylic acids is 1. The van der Waals surface area contributed by atoms with Gasteiger partial charge in [0, 0.05) is 31.8 Å². The van der Waals surface area contributed by atoms with E-state index in [0.717, 1.165) is 57.6 Å². The summed E-state index contributed by atoms with van der Waals surface area (Å²) in [6.45, 7) is 4.33. The van der Waals surface area contributed by atoms with Gasteiger partial charge < -0.3 is 10.1 Å². The lowest BCUT2D eigenvalue weighted by Crippen LogP contribution is -2.42. The minimum atomic E-state index is 0.154. The molecule has 5 heteroatoms. The van der Waals surface area contributed by atoms with Gasteiger partial charge in [0.1, 0.15) is 0 Å². The zero-order valence-corrected chi connectivity index (χ0v) is 13.0. The van der Waals surface area contributed by atoms with Crippen LogP contribution >= 0.6 is 0 Å². The quantitative estimate of drug-likeness (QED) is 0.897. The lowest BCUT2D eigenvalue weighted by atomic mass is 9.95. The molecular formula is C17H25N3O2. The Labute approximate surface area is 132 Å². The van der Waals surface area contributed by atoms with Crippen LogP contribution in [0.4, 0.5) is 0 Å². The van der Waals surface area contributed by atoms with E-state index in [1.165, 1.54) is 0 Å². The molecule has 0 unspecified atom stereocenters. The van der Waals surface area contributed by atoms with E-state index in [1.54, 1.807) is 0 Å². The van der Waals surface area contributed by atoms with Gasteiger partial charge in [0.25, 0.3) is 0 Å². The highest BCUT2D eigenvalue weighted by Gasteiger charge is 2.26. The molecule has 2 aliphatic heterocycles. The Kier molecular flexibility index (Phi) is 5.40. The molecule has 0 spiro atoms. The van der Waals surface area contributed by atoms with Gasteiger partial charge >= 0.3 is 0 Å². The van der Waals surface area contributed by atoms with Gasteiger partial charge in [-0.2, -0.15) is 0 Å². The molecule has 3 heterocycles. The number of aromatic nitrogens is 1. The van der Waals surface area contributed by atoms with Crippen LogP contribution in [0.25, 0.3) is 0 Å². The third-order valence-corrected chi connectivity index (χ3v) is 4.60. The molecular weight excluding hydrogens is 278 g/mol. The van der Waals surface area contributed by atoms with Crippen LogP contribution in [0.1, 0.15) is 31.4 Å². The molecule has 2 fully saturated rings. The summed E-state index contributed by atoms with van der Waals surface area (Å²) in [6.07, 6.45) is 6.12. The molecule has 0 radical (unpaired) electrons. The van der Waals surface area contributed by atoms with Crippen molar-refractivity contribution in [3.63, 3.8) is 0 Å². The first kappa shape index (κ1) is 15.4. The fourth-order valence-corrected chi connectivity index (χ4v) is 3.24. The summed E-state index contributed by atoms with van der Waals surface area (Å²) in [7, 11) is 0. The Bertz CT molecular complexity index is 466. The van der Waals surface area contributed by atoms with E-state index in [0.29, 0.717) is 6.54 Å². The minimum Gasteiger partial charge on any atom is -0.376 e. The summed E-state index contributed by atoms with van der Waals surface area (Å²) in [5, 5.41) is 3.06. The molecule has 0 aliphatic carbocycles. The number of nitrogens with one attached hydrogen (secondary N) is 1. The molecule has 0 saturated carbocycles. The first-order valence-electron chi connectivity index (χ1n) is 8.33. The molecule has 3 rings (SSSR count). The first-order valence-corrected chi connectivity index (χ1v) is 8.33. The summed E-state index contributed by atoms with van der Waals surface area (Å²) >= 11 is 0. The monoisotopic (exact) mass is 303 g/mol. The number of hydrogen-bond acceptors (Lipinski definition) is 4. The van der Waals surface area contributed by atoms with Crippen molar-refractivity contribution in [3.8, 4) is 0 Å². The average molecular weight is 303 g/mol. The van der Waals surface area contributed by atoms with Crippen LogP contribution < -0.4 is 5.32 Å². The van der Waals surface area contributed by atoms with Gasteiger partial charge in [-0.1, -0.05) is 6.07 Å². The highest BCUT2D eigenvalue weighted by molar-refractivity contribution is 5.78. The van der Waals surface area contributed by atoms with Crippen molar-refractivity contribution < 1.29 is 9.53 Å². The Balaban J connectivity index is 1.38. The van der Waals surface area contributed by atoms with E-state index in [2.05, 4.69) is 21.3 Å². The van der Waals surface area contributed by atoms with Crippen molar-refractivity contribution >= 4 is 5.91 Å². The third kappa shape index (κ3) is 4.27. The number of hydrogen-bond donors (Lipinski definition) is 1. The average Bonchev–Trinajstić information content (AvgIpc) is 3.08. The fraction of sp³-hybridized carbons (Fsp3) is 0.647. The van der Waals surface area contributed by atoms with Gasteiger partial charge in [-0.05, 0) is 50.9 Å². The molecule has 1 aromatic heterocycles. The summed E-state index contributed by atoms with van der Waals surface area (Å²) in [4.78, 5) is 19.0. The van der Waals surface area contributed by atoms with Crippen LogP contribution in [-0.4, -0.2) is 48.1 Å². The summed E-state index contributed by atoms with van der Waals surface area (Å²) < 4.78 is 5.54. The van der Waals surface area contributed by atoms with Crippen LogP contribution in [0.15, 0.2) is 24.4 Å². The summed E-state index contributed by atoms with van der Waals surface area (Å²) in [5.41, 5.74) is 1.10. The molecule has 1 amide bonds.